The van der Waals surface area contributed by atoms with E-state index in [9.17, 15) is 26.7 Å². The maximum Gasteiger partial charge on any atom is 0.453 e. The summed E-state index contributed by atoms with van der Waals surface area (Å²) in [5.74, 6) is -5.02. The molecule has 22 heavy (non-hydrogen) atoms. The fraction of sp³-hybridized carbons (Fsp3) is 0.929. The Bertz CT molecular complexity index is 321. The van der Waals surface area contributed by atoms with Gasteiger partial charge in [0.2, 0.25) is 0 Å². The summed E-state index contributed by atoms with van der Waals surface area (Å²) in [6.45, 7) is 4.12. The van der Waals surface area contributed by atoms with Crippen molar-refractivity contribution in [3.63, 3.8) is 0 Å². The maximum atomic E-state index is 12.7. The minimum Gasteiger partial charge on any atom is -0.465 e. The minimum atomic E-state index is -5.51. The van der Waals surface area contributed by atoms with Gasteiger partial charge in [-0.3, -0.25) is 4.79 Å². The van der Waals surface area contributed by atoms with E-state index in [0.717, 1.165) is 24.6 Å². The van der Waals surface area contributed by atoms with E-state index in [4.69, 9.17) is 4.74 Å². The van der Waals surface area contributed by atoms with Crippen LogP contribution in [-0.2, 0) is 9.53 Å². The second-order valence-corrected chi connectivity index (χ2v) is 6.29. The fourth-order valence-electron chi connectivity index (χ4n) is 1.60. The van der Waals surface area contributed by atoms with Gasteiger partial charge in [0.05, 0.1) is 6.61 Å². The molecule has 0 N–H and O–H groups in total. The van der Waals surface area contributed by atoms with E-state index in [1.165, 1.54) is 0 Å². The highest BCUT2D eigenvalue weighted by Gasteiger charge is 2.56. The highest BCUT2D eigenvalue weighted by molar-refractivity contribution is 8.00. The van der Waals surface area contributed by atoms with Crippen LogP contribution in [0.4, 0.5) is 22.0 Å². The molecule has 2 nitrogen and oxygen atoms in total. The van der Waals surface area contributed by atoms with Crippen LogP contribution in [0.25, 0.3) is 0 Å². The molecule has 0 bridgehead atoms. The molecule has 8 heteroatoms. The van der Waals surface area contributed by atoms with E-state index in [2.05, 4.69) is 0 Å². The van der Waals surface area contributed by atoms with Crippen molar-refractivity contribution in [3.8, 4) is 0 Å². The van der Waals surface area contributed by atoms with Gasteiger partial charge in [-0.05, 0) is 25.0 Å². The lowest BCUT2D eigenvalue weighted by atomic mass is 10.2. The number of rotatable bonds is 11. The molecule has 0 aliphatic carbocycles. The van der Waals surface area contributed by atoms with Crippen LogP contribution in [0.2, 0.25) is 0 Å². The van der Waals surface area contributed by atoms with Crippen molar-refractivity contribution in [2.24, 2.45) is 0 Å². The summed E-state index contributed by atoms with van der Waals surface area (Å²) in [5.41, 5.74) is 0. The first kappa shape index (κ1) is 21.5. The van der Waals surface area contributed by atoms with Gasteiger partial charge in [0.25, 0.3) is 0 Å². The third kappa shape index (κ3) is 8.19. The first-order chi connectivity index (χ1) is 10.2. The van der Waals surface area contributed by atoms with Gasteiger partial charge >= 0.3 is 18.1 Å². The summed E-state index contributed by atoms with van der Waals surface area (Å²) in [5, 5.41) is -0.499. The number of thioether (sulfide) groups is 1. The predicted octanol–water partition coefficient (Wildman–Crippen LogP) is 5.21. The molecule has 0 aliphatic heterocycles. The van der Waals surface area contributed by atoms with E-state index in [0.29, 0.717) is 19.4 Å². The van der Waals surface area contributed by atoms with Gasteiger partial charge in [-0.2, -0.15) is 22.0 Å². The Kier molecular flexibility index (Phi) is 10.0. The van der Waals surface area contributed by atoms with Crippen LogP contribution < -0.4 is 0 Å². The molecule has 0 aromatic carbocycles. The van der Waals surface area contributed by atoms with Crippen LogP contribution in [0.5, 0.6) is 0 Å². The molecular weight excluding hydrogens is 327 g/mol. The van der Waals surface area contributed by atoms with E-state index < -0.39 is 29.7 Å². The molecular formula is C14H23F5O2S. The van der Waals surface area contributed by atoms with Crippen LogP contribution in [-0.4, -0.2) is 35.7 Å². The van der Waals surface area contributed by atoms with Crippen molar-refractivity contribution in [2.75, 3.05) is 12.4 Å². The van der Waals surface area contributed by atoms with Gasteiger partial charge in [-0.15, -0.1) is 11.8 Å². The van der Waals surface area contributed by atoms with Crippen molar-refractivity contribution in [3.05, 3.63) is 0 Å². The topological polar surface area (TPSA) is 26.3 Å². The molecule has 0 fully saturated rings. The maximum absolute atomic E-state index is 12.7. The second-order valence-electron chi connectivity index (χ2n) is 4.97. The Balaban J connectivity index is 4.18. The van der Waals surface area contributed by atoms with Crippen molar-refractivity contribution in [1.82, 2.24) is 0 Å². The van der Waals surface area contributed by atoms with Gasteiger partial charge in [0.1, 0.15) is 5.25 Å². The Morgan fingerprint density at radius 3 is 2.23 bits per heavy atom. The Morgan fingerprint density at radius 1 is 1.09 bits per heavy atom. The molecule has 0 amide bonds. The normalized spacial score (nSPS) is 14.0. The monoisotopic (exact) mass is 350 g/mol. The average molecular weight is 350 g/mol. The Morgan fingerprint density at radius 2 is 1.73 bits per heavy atom. The number of hydrogen-bond acceptors (Lipinski definition) is 3. The molecule has 0 rings (SSSR count). The van der Waals surface area contributed by atoms with Crippen molar-refractivity contribution < 1.29 is 31.5 Å². The first-order valence-corrected chi connectivity index (χ1v) is 8.43. The summed E-state index contributed by atoms with van der Waals surface area (Å²) < 4.78 is 66.6. The molecule has 0 heterocycles. The highest BCUT2D eigenvalue weighted by atomic mass is 32.2. The molecule has 1 unspecified atom stereocenters. The number of alkyl halides is 5. The second kappa shape index (κ2) is 10.3. The standard InChI is InChI=1S/C14H23F5O2S/c1-3-5-9-21-12(20)11(7-4-2)22-10-6-8-13(15,16)14(17,18)19/h11H,3-10H2,1-2H3. The van der Waals surface area contributed by atoms with Crippen molar-refractivity contribution >= 4 is 17.7 Å². The quantitative estimate of drug-likeness (QED) is 0.291. The number of esters is 1. The van der Waals surface area contributed by atoms with Crippen LogP contribution in [0, 0.1) is 0 Å². The zero-order valence-corrected chi connectivity index (χ0v) is 13.7. The van der Waals surface area contributed by atoms with Gasteiger partial charge in [0, 0.05) is 6.42 Å². The fourth-order valence-corrected chi connectivity index (χ4v) is 2.80. The zero-order chi connectivity index (χ0) is 17.2. The SMILES string of the molecule is CCCCOC(=O)C(CCC)SCCCC(F)(F)C(F)(F)F. The average Bonchev–Trinajstić information content (AvgIpc) is 2.41. The summed E-state index contributed by atoms with van der Waals surface area (Å²) in [6.07, 6.45) is -4.23. The van der Waals surface area contributed by atoms with E-state index >= 15 is 0 Å². The van der Waals surface area contributed by atoms with Gasteiger partial charge in [0.15, 0.2) is 0 Å². The van der Waals surface area contributed by atoms with Crippen LogP contribution in [0.15, 0.2) is 0 Å². The largest absolute Gasteiger partial charge is 0.465 e. The zero-order valence-electron chi connectivity index (χ0n) is 12.8. The van der Waals surface area contributed by atoms with Crippen LogP contribution in [0.1, 0.15) is 52.4 Å². The predicted molar refractivity (Wildman–Crippen MR) is 77.3 cm³/mol. The number of ether oxygens (including phenoxy) is 1. The summed E-state index contributed by atoms with van der Waals surface area (Å²) >= 11 is 1.09. The first-order valence-electron chi connectivity index (χ1n) is 7.38. The summed E-state index contributed by atoms with van der Waals surface area (Å²) in [7, 11) is 0. The van der Waals surface area contributed by atoms with E-state index in [1.807, 2.05) is 13.8 Å². The molecule has 0 aliphatic rings. The van der Waals surface area contributed by atoms with Crippen molar-refractivity contribution in [2.45, 2.75) is 69.7 Å². The van der Waals surface area contributed by atoms with Gasteiger partial charge in [-0.1, -0.05) is 26.7 Å². The molecule has 0 aromatic heterocycles. The Labute approximate surface area is 132 Å². The lowest BCUT2D eigenvalue weighted by molar-refractivity contribution is -0.284. The van der Waals surface area contributed by atoms with Crippen LogP contribution >= 0.6 is 11.8 Å². The third-order valence-electron chi connectivity index (χ3n) is 2.92. The summed E-state index contributed by atoms with van der Waals surface area (Å²) in [6, 6.07) is 0. The van der Waals surface area contributed by atoms with Gasteiger partial charge in [-0.25, -0.2) is 0 Å². The number of halogens is 5. The molecule has 0 aromatic rings. The number of carbonyl (C=O) groups is 1. The molecule has 0 saturated carbocycles. The number of hydrogen-bond donors (Lipinski definition) is 0. The lowest BCUT2D eigenvalue weighted by Crippen LogP contribution is -2.36. The Hall–Kier alpha value is -0.530. The van der Waals surface area contributed by atoms with E-state index in [1.54, 1.807) is 0 Å². The molecule has 0 saturated heterocycles. The van der Waals surface area contributed by atoms with Gasteiger partial charge < -0.3 is 4.74 Å². The van der Waals surface area contributed by atoms with Crippen molar-refractivity contribution in [1.29, 1.82) is 0 Å². The smallest absolute Gasteiger partial charge is 0.453 e. The molecule has 1 atom stereocenters. The number of carbonyl (C=O) groups excluding carboxylic acids is 1. The molecule has 132 valence electrons. The highest BCUT2D eigenvalue weighted by Crippen LogP contribution is 2.39. The summed E-state index contributed by atoms with van der Waals surface area (Å²) in [4.78, 5) is 11.8. The molecule has 0 radical (unpaired) electrons. The molecule has 0 spiro atoms. The number of unbranched alkanes of at least 4 members (excludes halogenated alkanes) is 1. The third-order valence-corrected chi connectivity index (χ3v) is 4.28. The van der Waals surface area contributed by atoms with E-state index in [-0.39, 0.29) is 12.2 Å². The van der Waals surface area contributed by atoms with Crippen LogP contribution in [0.3, 0.4) is 0 Å². The lowest BCUT2D eigenvalue weighted by Gasteiger charge is -2.20. The minimum absolute atomic E-state index is 0.0687.